The summed E-state index contributed by atoms with van der Waals surface area (Å²) in [5.41, 5.74) is -0.368. The number of anilines is 1. The quantitative estimate of drug-likeness (QED) is 0.193. The van der Waals surface area contributed by atoms with Crippen molar-refractivity contribution >= 4 is 34.9 Å². The minimum atomic E-state index is -0.753. The SMILES string of the molecule is COC(=O)c1sc(C#CC(C)(C)C)cc1N(C(=O)C1CCC(C)CC1)C1CCC(COC2CCOC2)(OC(=O)C2CCC(C)CC2)CC1. The molecule has 8 nitrogen and oxygen atoms in total. The van der Waals surface area contributed by atoms with E-state index in [9.17, 15) is 14.4 Å². The molecule has 1 unspecified atom stereocenters. The lowest BCUT2D eigenvalue weighted by Crippen LogP contribution is -2.52. The highest BCUT2D eigenvalue weighted by Crippen LogP contribution is 2.43. The molecule has 266 valence electrons. The number of nitrogens with zero attached hydrogens (tertiary/aromatic N) is 1. The molecule has 1 atom stereocenters. The van der Waals surface area contributed by atoms with E-state index in [2.05, 4.69) is 46.5 Å². The number of methoxy groups -OCH3 is 1. The van der Waals surface area contributed by atoms with Gasteiger partial charge in [-0.15, -0.1) is 11.3 Å². The number of hydrogen-bond donors (Lipinski definition) is 0. The molecule has 3 saturated carbocycles. The van der Waals surface area contributed by atoms with Crippen molar-refractivity contribution in [3.8, 4) is 11.8 Å². The maximum atomic E-state index is 14.6. The Labute approximate surface area is 292 Å². The van der Waals surface area contributed by atoms with Gasteiger partial charge in [-0.3, -0.25) is 9.59 Å². The number of thiophene rings is 1. The molecule has 0 aromatic carbocycles. The zero-order valence-corrected chi connectivity index (χ0v) is 30.9. The summed E-state index contributed by atoms with van der Waals surface area (Å²) in [7, 11) is 1.38. The molecular weight excluding hydrogens is 626 g/mol. The van der Waals surface area contributed by atoms with E-state index in [-0.39, 0.29) is 41.3 Å². The van der Waals surface area contributed by atoms with E-state index in [1.165, 1.54) is 18.4 Å². The van der Waals surface area contributed by atoms with Gasteiger partial charge < -0.3 is 23.8 Å². The van der Waals surface area contributed by atoms with E-state index in [0.29, 0.717) is 67.9 Å². The zero-order valence-electron chi connectivity index (χ0n) is 30.1. The summed E-state index contributed by atoms with van der Waals surface area (Å²) in [6, 6.07) is 1.75. The molecule has 4 fully saturated rings. The van der Waals surface area contributed by atoms with Crippen molar-refractivity contribution in [2.45, 2.75) is 136 Å². The molecule has 5 rings (SSSR count). The number of ether oxygens (including phenoxy) is 4. The normalized spacial score (nSPS) is 31.0. The average molecular weight is 684 g/mol. The van der Waals surface area contributed by atoms with Crippen LogP contribution in [-0.4, -0.2) is 62.5 Å². The highest BCUT2D eigenvalue weighted by Gasteiger charge is 2.45. The van der Waals surface area contributed by atoms with Crippen LogP contribution < -0.4 is 4.90 Å². The maximum absolute atomic E-state index is 14.6. The monoisotopic (exact) mass is 683 g/mol. The highest BCUT2D eigenvalue weighted by molar-refractivity contribution is 7.15. The number of hydrogen-bond acceptors (Lipinski definition) is 8. The predicted octanol–water partition coefficient (Wildman–Crippen LogP) is 7.95. The third-order valence-electron chi connectivity index (χ3n) is 10.9. The van der Waals surface area contributed by atoms with Crippen LogP contribution in [0.15, 0.2) is 6.07 Å². The van der Waals surface area contributed by atoms with Crippen LogP contribution in [0.3, 0.4) is 0 Å². The van der Waals surface area contributed by atoms with E-state index in [0.717, 1.165) is 62.7 Å². The van der Waals surface area contributed by atoms with Gasteiger partial charge in [0.25, 0.3) is 0 Å². The first-order chi connectivity index (χ1) is 22.9. The summed E-state index contributed by atoms with van der Waals surface area (Å²) in [6.07, 6.45) is 10.8. The van der Waals surface area contributed by atoms with Crippen LogP contribution >= 0.6 is 11.3 Å². The van der Waals surface area contributed by atoms with Crippen molar-refractivity contribution in [3.05, 3.63) is 15.8 Å². The van der Waals surface area contributed by atoms with Crippen LogP contribution in [0.2, 0.25) is 0 Å². The summed E-state index contributed by atoms with van der Waals surface area (Å²) < 4.78 is 23.6. The summed E-state index contributed by atoms with van der Waals surface area (Å²) in [5.74, 6) is 7.13. The van der Waals surface area contributed by atoms with Crippen LogP contribution in [0.1, 0.15) is 133 Å². The van der Waals surface area contributed by atoms with E-state index < -0.39 is 11.6 Å². The molecule has 3 aliphatic carbocycles. The topological polar surface area (TPSA) is 91.4 Å². The van der Waals surface area contributed by atoms with E-state index in [1.807, 2.05) is 11.0 Å². The standard InChI is InChI=1S/C39H57NO7S/c1-26-7-11-28(12-8-26)35(41)40(33-23-32(17-19-38(3,4)5)48-34(33)37(43)44-6)30-15-20-39(21-16-30,25-46-31-18-22-45-24-31)47-36(42)29-13-9-27(2)10-14-29/h23,26-31H,7-16,18,20-22,24-25H2,1-6H3. The van der Waals surface area contributed by atoms with Gasteiger partial charge in [-0.1, -0.05) is 25.7 Å². The van der Waals surface area contributed by atoms with Gasteiger partial charge >= 0.3 is 11.9 Å². The molecule has 1 aliphatic heterocycles. The van der Waals surface area contributed by atoms with Crippen molar-refractivity contribution in [1.29, 1.82) is 0 Å². The van der Waals surface area contributed by atoms with Gasteiger partial charge in [-0.05, 0) is 122 Å². The largest absolute Gasteiger partial charge is 0.465 e. The fourth-order valence-electron chi connectivity index (χ4n) is 7.68. The second-order valence-corrected chi connectivity index (χ2v) is 17.1. The molecule has 48 heavy (non-hydrogen) atoms. The Morgan fingerprint density at radius 2 is 1.56 bits per heavy atom. The Bertz CT molecular complexity index is 1320. The third kappa shape index (κ3) is 9.43. The molecule has 9 heteroatoms. The van der Waals surface area contributed by atoms with Gasteiger partial charge in [-0.25, -0.2) is 4.79 Å². The lowest BCUT2D eigenvalue weighted by atomic mass is 9.79. The van der Waals surface area contributed by atoms with Crippen molar-refractivity contribution in [3.63, 3.8) is 0 Å². The average Bonchev–Trinajstić information content (AvgIpc) is 3.74. The minimum Gasteiger partial charge on any atom is -0.465 e. The van der Waals surface area contributed by atoms with Gasteiger partial charge in [0.15, 0.2) is 0 Å². The second-order valence-electron chi connectivity index (χ2n) is 16.1. The van der Waals surface area contributed by atoms with E-state index in [4.69, 9.17) is 18.9 Å². The van der Waals surface area contributed by atoms with Crippen molar-refractivity contribution in [1.82, 2.24) is 0 Å². The first-order valence-electron chi connectivity index (χ1n) is 18.4. The molecule has 0 spiro atoms. The lowest BCUT2D eigenvalue weighted by molar-refractivity contribution is -0.181. The van der Waals surface area contributed by atoms with Crippen molar-refractivity contribution < 1.29 is 33.3 Å². The smallest absolute Gasteiger partial charge is 0.350 e. The minimum absolute atomic E-state index is 0.00153. The molecule has 0 radical (unpaired) electrons. The molecule has 4 aliphatic rings. The van der Waals surface area contributed by atoms with Crippen LogP contribution in [0.4, 0.5) is 5.69 Å². The van der Waals surface area contributed by atoms with Crippen molar-refractivity contribution in [2.24, 2.45) is 29.1 Å². The van der Waals surface area contributed by atoms with Crippen LogP contribution in [0, 0.1) is 40.9 Å². The fraction of sp³-hybridized carbons (Fsp3) is 0.769. The van der Waals surface area contributed by atoms with Gasteiger partial charge in [-0.2, -0.15) is 0 Å². The van der Waals surface area contributed by atoms with Crippen LogP contribution in [0.5, 0.6) is 0 Å². The van der Waals surface area contributed by atoms with Crippen LogP contribution in [-0.2, 0) is 28.5 Å². The second kappa shape index (κ2) is 16.1. The van der Waals surface area contributed by atoms with Gasteiger partial charge in [0.2, 0.25) is 5.91 Å². The number of rotatable bonds is 9. The Morgan fingerprint density at radius 3 is 2.12 bits per heavy atom. The molecule has 0 N–H and O–H groups in total. The number of carbonyl (C=O) groups is 3. The van der Waals surface area contributed by atoms with Crippen LogP contribution in [0.25, 0.3) is 0 Å². The Balaban J connectivity index is 1.43. The summed E-state index contributed by atoms with van der Waals surface area (Å²) in [5, 5.41) is 0. The summed E-state index contributed by atoms with van der Waals surface area (Å²) in [6.45, 7) is 12.2. The van der Waals surface area contributed by atoms with Crippen molar-refractivity contribution in [2.75, 3.05) is 31.8 Å². The zero-order chi connectivity index (χ0) is 34.5. The number of carbonyl (C=O) groups excluding carboxylic acids is 3. The number of amides is 1. The number of esters is 2. The first kappa shape index (κ1) is 36.9. The summed E-state index contributed by atoms with van der Waals surface area (Å²) >= 11 is 1.29. The molecule has 1 saturated heterocycles. The molecule has 2 heterocycles. The molecule has 1 aromatic heterocycles. The highest BCUT2D eigenvalue weighted by atomic mass is 32.1. The van der Waals surface area contributed by atoms with Gasteiger partial charge in [0.05, 0.1) is 42.9 Å². The van der Waals surface area contributed by atoms with E-state index >= 15 is 0 Å². The molecule has 1 amide bonds. The molecular formula is C39H57NO7S. The Morgan fingerprint density at radius 1 is 0.938 bits per heavy atom. The maximum Gasteiger partial charge on any atom is 0.350 e. The summed E-state index contributed by atoms with van der Waals surface area (Å²) in [4.78, 5) is 44.5. The Kier molecular flexibility index (Phi) is 12.3. The lowest BCUT2D eigenvalue weighted by Gasteiger charge is -2.44. The fourth-order valence-corrected chi connectivity index (χ4v) is 8.60. The molecule has 0 bridgehead atoms. The van der Waals surface area contributed by atoms with E-state index in [1.54, 1.807) is 0 Å². The third-order valence-corrected chi connectivity index (χ3v) is 11.9. The molecule has 1 aromatic rings. The van der Waals surface area contributed by atoms with Gasteiger partial charge in [0, 0.05) is 24.0 Å². The van der Waals surface area contributed by atoms with Gasteiger partial charge in [0.1, 0.15) is 10.5 Å². The Hall–Kier alpha value is -2.41. The predicted molar refractivity (Wildman–Crippen MR) is 188 cm³/mol. The first-order valence-corrected chi connectivity index (χ1v) is 19.2.